The molecule has 0 radical (unpaired) electrons. The van der Waals surface area contributed by atoms with Gasteiger partial charge in [0.25, 0.3) is 0 Å². The van der Waals surface area contributed by atoms with E-state index in [-0.39, 0.29) is 11.7 Å². The smallest absolute Gasteiger partial charge is 0.232 e. The molecule has 0 unspecified atom stereocenters. The molecule has 0 fully saturated rings. The van der Waals surface area contributed by atoms with E-state index in [0.29, 0.717) is 17.2 Å². The largest absolute Gasteiger partial charge is 0.468 e. The van der Waals surface area contributed by atoms with E-state index in [4.69, 9.17) is 4.42 Å². The predicted molar refractivity (Wildman–Crippen MR) is 53.4 cm³/mol. The van der Waals surface area contributed by atoms with Gasteiger partial charge in [-0.05, 0) is 19.9 Å². The molecule has 0 aliphatic rings. The maximum absolute atomic E-state index is 11.6. The topological polar surface area (TPSA) is 59.3 Å². The fourth-order valence-corrected chi connectivity index (χ4v) is 2.13. The molecule has 0 aliphatic carbocycles. The van der Waals surface area contributed by atoms with E-state index >= 15 is 0 Å². The minimum atomic E-state index is -1.30. The third kappa shape index (κ3) is 2.70. The van der Waals surface area contributed by atoms with Gasteiger partial charge in [-0.1, -0.05) is 0 Å². The van der Waals surface area contributed by atoms with Gasteiger partial charge in [-0.3, -0.25) is 9.00 Å². The van der Waals surface area contributed by atoms with Gasteiger partial charge in [0, 0.05) is 6.54 Å². The summed E-state index contributed by atoms with van der Waals surface area (Å²) in [6, 6.07) is 1.63. The molecule has 0 aliphatic heterocycles. The van der Waals surface area contributed by atoms with Crippen LogP contribution in [0.3, 0.4) is 0 Å². The minimum Gasteiger partial charge on any atom is -0.468 e. The second-order valence-electron chi connectivity index (χ2n) is 2.78. The lowest BCUT2D eigenvalue weighted by molar-refractivity contribution is -0.118. The van der Waals surface area contributed by atoms with Gasteiger partial charge in [0.2, 0.25) is 5.91 Å². The molecule has 0 spiro atoms. The number of carbonyl (C=O) groups is 1. The van der Waals surface area contributed by atoms with Gasteiger partial charge in [0.15, 0.2) is 0 Å². The van der Waals surface area contributed by atoms with Crippen molar-refractivity contribution in [1.29, 1.82) is 0 Å². The van der Waals surface area contributed by atoms with Crippen molar-refractivity contribution in [2.45, 2.75) is 18.7 Å². The van der Waals surface area contributed by atoms with Crippen LogP contribution in [0.2, 0.25) is 0 Å². The van der Waals surface area contributed by atoms with Crippen molar-refractivity contribution in [2.75, 3.05) is 12.3 Å². The Morgan fingerprint density at radius 2 is 2.36 bits per heavy atom. The first-order valence-electron chi connectivity index (χ1n) is 4.34. The van der Waals surface area contributed by atoms with Crippen LogP contribution >= 0.6 is 0 Å². The standard InChI is InChI=1S/C9H13NO3S/c1-3-10-9(11)6-14(12)8-4-5-13-7(8)2/h4-5H,3,6H2,1-2H3,(H,10,11)/t14-/m0/s1. The lowest BCUT2D eigenvalue weighted by Crippen LogP contribution is -2.27. The van der Waals surface area contributed by atoms with Crippen LogP contribution in [0.4, 0.5) is 0 Å². The summed E-state index contributed by atoms with van der Waals surface area (Å²) in [4.78, 5) is 11.7. The average Bonchev–Trinajstić information content (AvgIpc) is 2.51. The summed E-state index contributed by atoms with van der Waals surface area (Å²) < 4.78 is 16.6. The molecule has 5 heteroatoms. The lowest BCUT2D eigenvalue weighted by Gasteiger charge is -2.01. The van der Waals surface area contributed by atoms with E-state index in [1.165, 1.54) is 6.26 Å². The van der Waals surface area contributed by atoms with Crippen LogP contribution in [-0.2, 0) is 15.6 Å². The Bertz CT molecular complexity index is 346. The molecule has 1 amide bonds. The highest BCUT2D eigenvalue weighted by molar-refractivity contribution is 7.85. The second-order valence-corrected chi connectivity index (χ2v) is 4.20. The maximum Gasteiger partial charge on any atom is 0.232 e. The minimum absolute atomic E-state index is 0.00574. The first kappa shape index (κ1) is 11.0. The summed E-state index contributed by atoms with van der Waals surface area (Å²) >= 11 is 0. The van der Waals surface area contributed by atoms with Crippen molar-refractivity contribution >= 4 is 16.7 Å². The van der Waals surface area contributed by atoms with Gasteiger partial charge >= 0.3 is 0 Å². The van der Waals surface area contributed by atoms with Crippen LogP contribution in [0.1, 0.15) is 12.7 Å². The number of hydrogen-bond donors (Lipinski definition) is 1. The van der Waals surface area contributed by atoms with Crippen molar-refractivity contribution in [3.8, 4) is 0 Å². The Hall–Kier alpha value is -1.10. The average molecular weight is 215 g/mol. The van der Waals surface area contributed by atoms with Gasteiger partial charge in [-0.15, -0.1) is 0 Å². The summed E-state index contributed by atoms with van der Waals surface area (Å²) in [5.41, 5.74) is 0. The zero-order chi connectivity index (χ0) is 10.6. The highest BCUT2D eigenvalue weighted by atomic mass is 32.2. The summed E-state index contributed by atoms with van der Waals surface area (Å²) in [7, 11) is -1.30. The molecular formula is C9H13NO3S. The fraction of sp³-hybridized carbons (Fsp3) is 0.444. The molecule has 1 rings (SSSR count). The Morgan fingerprint density at radius 3 is 2.86 bits per heavy atom. The second kappa shape index (κ2) is 4.95. The molecule has 0 bridgehead atoms. The van der Waals surface area contributed by atoms with Crippen LogP contribution in [0, 0.1) is 6.92 Å². The fourth-order valence-electron chi connectivity index (χ4n) is 1.05. The van der Waals surface area contributed by atoms with Gasteiger partial charge < -0.3 is 9.73 Å². The highest BCUT2D eigenvalue weighted by Crippen LogP contribution is 2.13. The number of furan rings is 1. The molecule has 78 valence electrons. The number of rotatable bonds is 4. The predicted octanol–water partition coefficient (Wildman–Crippen LogP) is 0.832. The van der Waals surface area contributed by atoms with Crippen molar-refractivity contribution in [3.05, 3.63) is 18.1 Å². The van der Waals surface area contributed by atoms with E-state index in [2.05, 4.69) is 5.32 Å². The Kier molecular flexibility index (Phi) is 3.88. The monoisotopic (exact) mass is 215 g/mol. The van der Waals surface area contributed by atoms with Crippen molar-refractivity contribution in [3.63, 3.8) is 0 Å². The van der Waals surface area contributed by atoms with Gasteiger partial charge in [0.05, 0.1) is 22.0 Å². The Balaban J connectivity index is 2.59. The van der Waals surface area contributed by atoms with E-state index in [1.54, 1.807) is 13.0 Å². The number of nitrogens with one attached hydrogen (secondary N) is 1. The van der Waals surface area contributed by atoms with Crippen molar-refractivity contribution in [2.24, 2.45) is 0 Å². The van der Waals surface area contributed by atoms with Crippen molar-refractivity contribution < 1.29 is 13.4 Å². The van der Waals surface area contributed by atoms with E-state index < -0.39 is 10.8 Å². The molecule has 1 atom stereocenters. The third-order valence-electron chi connectivity index (χ3n) is 1.69. The lowest BCUT2D eigenvalue weighted by atomic mass is 10.5. The molecule has 0 aromatic carbocycles. The molecule has 0 saturated heterocycles. The van der Waals surface area contributed by atoms with Gasteiger partial charge in [-0.2, -0.15) is 0 Å². The van der Waals surface area contributed by atoms with E-state index in [9.17, 15) is 9.00 Å². The third-order valence-corrected chi connectivity index (χ3v) is 3.13. The first-order valence-corrected chi connectivity index (χ1v) is 5.66. The van der Waals surface area contributed by atoms with Gasteiger partial charge in [0.1, 0.15) is 11.5 Å². The Morgan fingerprint density at radius 1 is 1.64 bits per heavy atom. The zero-order valence-corrected chi connectivity index (χ0v) is 9.02. The maximum atomic E-state index is 11.6. The Labute approximate surface area is 85.1 Å². The number of aryl methyl sites for hydroxylation is 1. The summed E-state index contributed by atoms with van der Waals surface area (Å²) in [6.45, 7) is 4.11. The van der Waals surface area contributed by atoms with Gasteiger partial charge in [-0.25, -0.2) is 0 Å². The van der Waals surface area contributed by atoms with Crippen LogP contribution in [0.5, 0.6) is 0 Å². The molecule has 1 aromatic heterocycles. The van der Waals surface area contributed by atoms with E-state index in [1.807, 2.05) is 6.92 Å². The van der Waals surface area contributed by atoms with Crippen LogP contribution in [0.15, 0.2) is 21.6 Å². The number of amides is 1. The van der Waals surface area contributed by atoms with Crippen LogP contribution < -0.4 is 5.32 Å². The normalized spacial score (nSPS) is 12.4. The van der Waals surface area contributed by atoms with E-state index in [0.717, 1.165) is 0 Å². The number of hydrogen-bond acceptors (Lipinski definition) is 3. The summed E-state index contributed by atoms with van der Waals surface area (Å²) in [5.74, 6) is 0.396. The molecule has 1 heterocycles. The summed E-state index contributed by atoms with van der Waals surface area (Å²) in [5, 5.41) is 2.60. The molecule has 4 nitrogen and oxygen atoms in total. The molecule has 0 saturated carbocycles. The van der Waals surface area contributed by atoms with Crippen LogP contribution in [-0.4, -0.2) is 22.4 Å². The van der Waals surface area contributed by atoms with Crippen LogP contribution in [0.25, 0.3) is 0 Å². The summed E-state index contributed by atoms with van der Waals surface area (Å²) in [6.07, 6.45) is 1.47. The highest BCUT2D eigenvalue weighted by Gasteiger charge is 2.13. The number of carbonyl (C=O) groups excluding carboxylic acids is 1. The van der Waals surface area contributed by atoms with Crippen molar-refractivity contribution in [1.82, 2.24) is 5.32 Å². The quantitative estimate of drug-likeness (QED) is 0.809. The zero-order valence-electron chi connectivity index (χ0n) is 8.20. The molecule has 1 aromatic rings. The SMILES string of the molecule is CCNC(=O)C[S@](=O)c1ccoc1C. The first-order chi connectivity index (χ1) is 6.65. The molecule has 14 heavy (non-hydrogen) atoms. The molecule has 1 N–H and O–H groups in total. The molecular weight excluding hydrogens is 202 g/mol.